The molecular formula is C27H30ClN5O3S. The number of aromatic nitrogens is 2. The van der Waals surface area contributed by atoms with Crippen LogP contribution in [-0.4, -0.2) is 54.6 Å². The molecule has 2 aromatic carbocycles. The van der Waals surface area contributed by atoms with E-state index in [-0.39, 0.29) is 17.4 Å². The van der Waals surface area contributed by atoms with Gasteiger partial charge in [0, 0.05) is 53.4 Å². The molecule has 1 aliphatic heterocycles. The fourth-order valence-electron chi connectivity index (χ4n) is 5.59. The van der Waals surface area contributed by atoms with Crippen molar-refractivity contribution in [1.82, 2.24) is 14.9 Å². The van der Waals surface area contributed by atoms with Crippen LogP contribution in [0.15, 0.2) is 54.7 Å². The largest absolute Gasteiger partial charge is 0.335 e. The van der Waals surface area contributed by atoms with Crippen LogP contribution < -0.4 is 10.5 Å². The Kier molecular flexibility index (Phi) is 6.95. The molecule has 5 rings (SSSR count). The number of amides is 1. The fraction of sp³-hybridized carbons (Fsp3) is 0.370. The standard InChI is InChI=1S/C27H30ClN5O3S/c1-37(35,36)32-21-7-2-4-18(14-21)25-30-16-23-24(31-25)10-13-33(26(23)34)22-8-11-27(17-29,12-9-22)19-5-3-6-20(28)15-19/h2-7,14-16,22,32H,8-13,17,29H2,1H3. The summed E-state index contributed by atoms with van der Waals surface area (Å²) in [7, 11) is -3.40. The van der Waals surface area contributed by atoms with E-state index in [4.69, 9.17) is 17.3 Å². The Bertz CT molecular complexity index is 1440. The molecule has 3 N–H and O–H groups in total. The van der Waals surface area contributed by atoms with E-state index >= 15 is 0 Å². The zero-order valence-electron chi connectivity index (χ0n) is 20.7. The number of hydrogen-bond donors (Lipinski definition) is 2. The van der Waals surface area contributed by atoms with Crippen molar-refractivity contribution in [2.45, 2.75) is 43.6 Å². The van der Waals surface area contributed by atoms with E-state index in [0.29, 0.717) is 47.2 Å². The lowest BCUT2D eigenvalue weighted by atomic mass is 9.68. The normalized spacial score (nSPS) is 22.0. The van der Waals surface area contributed by atoms with Crippen molar-refractivity contribution in [2.24, 2.45) is 5.73 Å². The molecule has 1 fully saturated rings. The molecule has 0 radical (unpaired) electrons. The number of carbonyl (C=O) groups excluding carboxylic acids is 1. The number of rotatable bonds is 6. The van der Waals surface area contributed by atoms with Crippen LogP contribution in [-0.2, 0) is 21.9 Å². The highest BCUT2D eigenvalue weighted by Crippen LogP contribution is 2.41. The molecule has 0 saturated heterocycles. The van der Waals surface area contributed by atoms with Crippen molar-refractivity contribution >= 4 is 33.2 Å². The van der Waals surface area contributed by atoms with Gasteiger partial charge in [-0.3, -0.25) is 9.52 Å². The number of sulfonamides is 1. The molecule has 1 aromatic heterocycles. The molecular weight excluding hydrogens is 510 g/mol. The summed E-state index contributed by atoms with van der Waals surface area (Å²) in [4.78, 5) is 24.5. The highest BCUT2D eigenvalue weighted by Gasteiger charge is 2.40. The lowest BCUT2D eigenvalue weighted by Crippen LogP contribution is -2.49. The molecule has 1 saturated carbocycles. The van der Waals surface area contributed by atoms with Crippen LogP contribution in [0.25, 0.3) is 11.4 Å². The minimum atomic E-state index is -3.40. The Morgan fingerprint density at radius 1 is 1.16 bits per heavy atom. The van der Waals surface area contributed by atoms with E-state index in [0.717, 1.165) is 37.6 Å². The SMILES string of the molecule is CS(=O)(=O)Nc1cccc(-c2ncc3c(n2)CCN(C2CCC(CN)(c4cccc(Cl)c4)CC2)C3=O)c1. The number of anilines is 1. The first-order chi connectivity index (χ1) is 17.7. The molecule has 1 aliphatic carbocycles. The molecule has 194 valence electrons. The van der Waals surface area contributed by atoms with Crippen LogP contribution in [0.5, 0.6) is 0 Å². The van der Waals surface area contributed by atoms with Gasteiger partial charge in [-0.05, 0) is 55.5 Å². The first kappa shape index (κ1) is 25.6. The van der Waals surface area contributed by atoms with E-state index in [1.807, 2.05) is 29.2 Å². The van der Waals surface area contributed by atoms with Crippen LogP contribution in [0.2, 0.25) is 5.02 Å². The van der Waals surface area contributed by atoms with Gasteiger partial charge < -0.3 is 10.6 Å². The van der Waals surface area contributed by atoms with Crippen LogP contribution in [0.1, 0.15) is 47.3 Å². The van der Waals surface area contributed by atoms with E-state index < -0.39 is 10.0 Å². The molecule has 0 bridgehead atoms. The Balaban J connectivity index is 1.31. The van der Waals surface area contributed by atoms with Crippen LogP contribution in [0.3, 0.4) is 0 Å². The first-order valence-corrected chi connectivity index (χ1v) is 14.7. The number of nitrogens with two attached hydrogens (primary N) is 1. The third-order valence-electron chi connectivity index (χ3n) is 7.55. The molecule has 10 heteroatoms. The second kappa shape index (κ2) is 10.0. The monoisotopic (exact) mass is 539 g/mol. The van der Waals surface area contributed by atoms with Gasteiger partial charge in [0.1, 0.15) is 0 Å². The summed E-state index contributed by atoms with van der Waals surface area (Å²) < 4.78 is 25.6. The van der Waals surface area contributed by atoms with Gasteiger partial charge in [-0.25, -0.2) is 18.4 Å². The smallest absolute Gasteiger partial charge is 0.257 e. The minimum Gasteiger partial charge on any atom is -0.335 e. The molecule has 37 heavy (non-hydrogen) atoms. The fourth-order valence-corrected chi connectivity index (χ4v) is 6.33. The molecule has 3 aromatic rings. The van der Waals surface area contributed by atoms with Crippen LogP contribution in [0, 0.1) is 0 Å². The first-order valence-electron chi connectivity index (χ1n) is 12.4. The lowest BCUT2D eigenvalue weighted by molar-refractivity contribution is 0.0572. The molecule has 8 nitrogen and oxygen atoms in total. The average molecular weight is 540 g/mol. The van der Waals surface area contributed by atoms with Crippen molar-refractivity contribution in [3.63, 3.8) is 0 Å². The van der Waals surface area contributed by atoms with Gasteiger partial charge in [-0.1, -0.05) is 35.9 Å². The van der Waals surface area contributed by atoms with Gasteiger partial charge in [0.15, 0.2) is 5.82 Å². The molecule has 0 atom stereocenters. The topological polar surface area (TPSA) is 118 Å². The second-order valence-electron chi connectivity index (χ2n) is 9.98. The predicted octanol–water partition coefficient (Wildman–Crippen LogP) is 4.01. The molecule has 0 unspecified atom stereocenters. The number of nitrogens with zero attached hydrogens (tertiary/aromatic N) is 3. The minimum absolute atomic E-state index is 0.0340. The van der Waals surface area contributed by atoms with Crippen LogP contribution >= 0.6 is 11.6 Å². The van der Waals surface area contributed by atoms with E-state index in [1.165, 1.54) is 5.56 Å². The molecule has 1 amide bonds. The highest BCUT2D eigenvalue weighted by atomic mass is 35.5. The maximum Gasteiger partial charge on any atom is 0.257 e. The second-order valence-corrected chi connectivity index (χ2v) is 12.2. The summed E-state index contributed by atoms with van der Waals surface area (Å²) in [5, 5.41) is 0.716. The molecule has 0 spiro atoms. The van der Waals surface area contributed by atoms with Gasteiger partial charge in [-0.15, -0.1) is 0 Å². The van der Waals surface area contributed by atoms with E-state index in [1.54, 1.807) is 24.4 Å². The molecule has 2 aliphatic rings. The average Bonchev–Trinajstić information content (AvgIpc) is 2.88. The predicted molar refractivity (Wildman–Crippen MR) is 145 cm³/mol. The van der Waals surface area contributed by atoms with Crippen molar-refractivity contribution in [2.75, 3.05) is 24.1 Å². The lowest BCUT2D eigenvalue weighted by Gasteiger charge is -2.44. The summed E-state index contributed by atoms with van der Waals surface area (Å²) in [6.07, 6.45) is 6.91. The summed E-state index contributed by atoms with van der Waals surface area (Å²) in [6, 6.07) is 15.0. The number of hydrogen-bond acceptors (Lipinski definition) is 6. The third-order valence-corrected chi connectivity index (χ3v) is 8.39. The Labute approximate surface area is 222 Å². The van der Waals surface area contributed by atoms with Gasteiger partial charge in [0.25, 0.3) is 5.91 Å². The summed E-state index contributed by atoms with van der Waals surface area (Å²) in [5.74, 6) is 0.428. The number of halogens is 1. The number of nitrogens with one attached hydrogen (secondary N) is 1. The van der Waals surface area contributed by atoms with Gasteiger partial charge in [-0.2, -0.15) is 0 Å². The Morgan fingerprint density at radius 3 is 2.62 bits per heavy atom. The number of benzene rings is 2. The van der Waals surface area contributed by atoms with Gasteiger partial charge >= 0.3 is 0 Å². The van der Waals surface area contributed by atoms with Gasteiger partial charge in [0.05, 0.1) is 17.5 Å². The summed E-state index contributed by atoms with van der Waals surface area (Å²) in [6.45, 7) is 1.16. The maximum absolute atomic E-state index is 13.4. The zero-order valence-corrected chi connectivity index (χ0v) is 22.2. The van der Waals surface area contributed by atoms with Crippen molar-refractivity contribution in [1.29, 1.82) is 0 Å². The zero-order chi connectivity index (χ0) is 26.2. The maximum atomic E-state index is 13.4. The summed E-state index contributed by atoms with van der Waals surface area (Å²) in [5.41, 5.74) is 9.69. The summed E-state index contributed by atoms with van der Waals surface area (Å²) >= 11 is 6.25. The van der Waals surface area contributed by atoms with Crippen molar-refractivity contribution in [3.8, 4) is 11.4 Å². The van der Waals surface area contributed by atoms with Crippen molar-refractivity contribution < 1.29 is 13.2 Å². The Morgan fingerprint density at radius 2 is 1.92 bits per heavy atom. The Hall–Kier alpha value is -3.01. The number of carbonyl (C=O) groups is 1. The van der Waals surface area contributed by atoms with E-state index in [2.05, 4.69) is 20.8 Å². The molecule has 2 heterocycles. The third kappa shape index (κ3) is 5.35. The number of fused-ring (bicyclic) bond motifs is 1. The van der Waals surface area contributed by atoms with Crippen LogP contribution in [0.4, 0.5) is 5.69 Å². The van der Waals surface area contributed by atoms with E-state index in [9.17, 15) is 13.2 Å². The van der Waals surface area contributed by atoms with Crippen molar-refractivity contribution in [3.05, 3.63) is 76.6 Å². The highest BCUT2D eigenvalue weighted by molar-refractivity contribution is 7.92. The quantitative estimate of drug-likeness (QED) is 0.488. The van der Waals surface area contributed by atoms with Gasteiger partial charge in [0.2, 0.25) is 10.0 Å².